The molecule has 0 aromatic carbocycles. The highest BCUT2D eigenvalue weighted by Crippen LogP contribution is 1.86. The highest BCUT2D eigenvalue weighted by molar-refractivity contribution is 5.73. The van der Waals surface area contributed by atoms with Crippen molar-refractivity contribution in [2.75, 3.05) is 7.05 Å². The van der Waals surface area contributed by atoms with Crippen LogP contribution in [0, 0.1) is 0 Å². The molecule has 0 aliphatic heterocycles. The quantitative estimate of drug-likeness (QED) is 0.550. The molecule has 1 atom stereocenters. The van der Waals surface area contributed by atoms with E-state index in [0.717, 1.165) is 0 Å². The molecule has 0 aliphatic carbocycles. The van der Waals surface area contributed by atoms with E-state index in [1.165, 1.54) is 0 Å². The first kappa shape index (κ1) is 7.43. The highest BCUT2D eigenvalue weighted by atomic mass is 16.4. The lowest BCUT2D eigenvalue weighted by molar-refractivity contribution is -0.139. The topological polar surface area (TPSA) is 49.3 Å². The maximum Gasteiger partial charge on any atom is 0.320 e. The Bertz CT molecular complexity index is 78.5. The van der Waals surface area contributed by atoms with Gasteiger partial charge in [-0.1, -0.05) is 6.92 Å². The molecule has 0 heterocycles. The summed E-state index contributed by atoms with van der Waals surface area (Å²) < 4.78 is 0. The number of carbonyl (C=O) groups is 1. The van der Waals surface area contributed by atoms with Crippen LogP contribution in [0.2, 0.25) is 0 Å². The van der Waals surface area contributed by atoms with E-state index in [-0.39, 0.29) is 6.04 Å². The molecule has 0 bridgehead atoms. The SMILES string of the molecule is CC[C@H](NC)C(=O)O. The van der Waals surface area contributed by atoms with Gasteiger partial charge in [-0.25, -0.2) is 0 Å². The molecule has 0 fully saturated rings. The van der Waals surface area contributed by atoms with Gasteiger partial charge in [0.1, 0.15) is 6.04 Å². The van der Waals surface area contributed by atoms with E-state index in [1.54, 1.807) is 7.05 Å². The third-order valence-corrected chi connectivity index (χ3v) is 1.05. The Hall–Kier alpha value is -0.570. The molecular weight excluding hydrogens is 106 g/mol. The highest BCUT2D eigenvalue weighted by Gasteiger charge is 2.09. The van der Waals surface area contributed by atoms with E-state index in [9.17, 15) is 4.79 Å². The fraction of sp³-hybridized carbons (Fsp3) is 0.800. The first-order valence-electron chi connectivity index (χ1n) is 2.62. The van der Waals surface area contributed by atoms with Crippen LogP contribution in [0.15, 0.2) is 0 Å². The number of likely N-dealkylation sites (N-methyl/N-ethyl adjacent to an activating group) is 1. The zero-order valence-electron chi connectivity index (χ0n) is 5.14. The Labute approximate surface area is 48.7 Å². The van der Waals surface area contributed by atoms with Crippen molar-refractivity contribution in [1.29, 1.82) is 0 Å². The fourth-order valence-electron chi connectivity index (χ4n) is 0.502. The smallest absolute Gasteiger partial charge is 0.320 e. The molecule has 48 valence electrons. The largest absolute Gasteiger partial charge is 0.480 e. The molecule has 2 N–H and O–H groups in total. The minimum absolute atomic E-state index is 0.380. The average molecular weight is 117 g/mol. The van der Waals surface area contributed by atoms with Crippen LogP contribution in [-0.2, 0) is 4.79 Å². The third kappa shape index (κ3) is 1.93. The summed E-state index contributed by atoms with van der Waals surface area (Å²) in [5.74, 6) is -0.782. The van der Waals surface area contributed by atoms with E-state index in [2.05, 4.69) is 5.32 Å². The normalized spacial score (nSPS) is 13.2. The van der Waals surface area contributed by atoms with Crippen LogP contribution in [-0.4, -0.2) is 24.2 Å². The minimum atomic E-state index is -0.782. The first-order chi connectivity index (χ1) is 3.72. The van der Waals surface area contributed by atoms with Gasteiger partial charge < -0.3 is 10.4 Å². The molecule has 0 radical (unpaired) electrons. The van der Waals surface area contributed by atoms with Gasteiger partial charge in [0.25, 0.3) is 0 Å². The Kier molecular flexibility index (Phi) is 3.19. The number of rotatable bonds is 3. The molecule has 0 aromatic heterocycles. The van der Waals surface area contributed by atoms with Crippen LogP contribution < -0.4 is 5.32 Å². The zero-order chi connectivity index (χ0) is 6.57. The molecule has 0 rings (SSSR count). The van der Waals surface area contributed by atoms with Crippen LogP contribution in [0.1, 0.15) is 13.3 Å². The van der Waals surface area contributed by atoms with Crippen LogP contribution in [0.3, 0.4) is 0 Å². The van der Waals surface area contributed by atoms with Crippen molar-refractivity contribution >= 4 is 5.97 Å². The summed E-state index contributed by atoms with van der Waals surface area (Å²) in [6.45, 7) is 1.83. The van der Waals surface area contributed by atoms with Gasteiger partial charge in [0, 0.05) is 0 Å². The van der Waals surface area contributed by atoms with E-state index >= 15 is 0 Å². The summed E-state index contributed by atoms with van der Waals surface area (Å²) in [7, 11) is 1.64. The van der Waals surface area contributed by atoms with Gasteiger partial charge in [-0.2, -0.15) is 0 Å². The van der Waals surface area contributed by atoms with Crippen molar-refractivity contribution in [2.24, 2.45) is 0 Å². The zero-order valence-corrected chi connectivity index (χ0v) is 5.14. The molecule has 0 amide bonds. The van der Waals surface area contributed by atoms with E-state index in [4.69, 9.17) is 5.11 Å². The van der Waals surface area contributed by atoms with Gasteiger partial charge in [-0.15, -0.1) is 0 Å². The van der Waals surface area contributed by atoms with E-state index in [0.29, 0.717) is 6.42 Å². The first-order valence-corrected chi connectivity index (χ1v) is 2.62. The Balaban J connectivity index is 3.52. The van der Waals surface area contributed by atoms with Crippen molar-refractivity contribution in [3.05, 3.63) is 0 Å². The third-order valence-electron chi connectivity index (χ3n) is 1.05. The van der Waals surface area contributed by atoms with Crippen molar-refractivity contribution in [3.63, 3.8) is 0 Å². The summed E-state index contributed by atoms with van der Waals surface area (Å²) in [6.07, 6.45) is 0.631. The van der Waals surface area contributed by atoms with Crippen LogP contribution in [0.4, 0.5) is 0 Å². The van der Waals surface area contributed by atoms with E-state index in [1.807, 2.05) is 6.92 Å². The van der Waals surface area contributed by atoms with Gasteiger partial charge in [0.05, 0.1) is 0 Å². The Morgan fingerprint density at radius 2 is 2.38 bits per heavy atom. The van der Waals surface area contributed by atoms with Gasteiger partial charge in [-0.05, 0) is 13.5 Å². The molecule has 0 aliphatic rings. The maximum absolute atomic E-state index is 10.1. The molecule has 0 aromatic rings. The molecular formula is C5H11NO2. The van der Waals surface area contributed by atoms with Gasteiger partial charge >= 0.3 is 5.97 Å². The molecule has 3 heteroatoms. The molecule has 0 saturated heterocycles. The minimum Gasteiger partial charge on any atom is -0.480 e. The van der Waals surface area contributed by atoms with Crippen LogP contribution in [0.25, 0.3) is 0 Å². The fourth-order valence-corrected chi connectivity index (χ4v) is 0.502. The van der Waals surface area contributed by atoms with Crippen LogP contribution in [0.5, 0.6) is 0 Å². The van der Waals surface area contributed by atoms with Gasteiger partial charge in [0.15, 0.2) is 0 Å². The van der Waals surface area contributed by atoms with Gasteiger partial charge in [0.2, 0.25) is 0 Å². The molecule has 0 spiro atoms. The Morgan fingerprint density at radius 3 is 2.38 bits per heavy atom. The monoisotopic (exact) mass is 117 g/mol. The standard InChI is InChI=1S/C5H11NO2/c1-3-4(6-2)5(7)8/h4,6H,3H2,1-2H3,(H,7,8)/t4-/m0/s1. The van der Waals surface area contributed by atoms with Gasteiger partial charge in [-0.3, -0.25) is 4.79 Å². The number of aliphatic carboxylic acids is 1. The second kappa shape index (κ2) is 3.43. The van der Waals surface area contributed by atoms with Crippen molar-refractivity contribution in [2.45, 2.75) is 19.4 Å². The van der Waals surface area contributed by atoms with Crippen molar-refractivity contribution in [3.8, 4) is 0 Å². The Morgan fingerprint density at radius 1 is 1.88 bits per heavy atom. The number of carboxylic acid groups (broad SMARTS) is 1. The number of hydrogen-bond acceptors (Lipinski definition) is 2. The molecule has 0 saturated carbocycles. The lowest BCUT2D eigenvalue weighted by Gasteiger charge is -2.05. The predicted molar refractivity (Wildman–Crippen MR) is 30.8 cm³/mol. The number of carboxylic acids is 1. The second-order valence-electron chi connectivity index (χ2n) is 1.59. The second-order valence-corrected chi connectivity index (χ2v) is 1.59. The number of hydrogen-bond donors (Lipinski definition) is 2. The summed E-state index contributed by atoms with van der Waals surface area (Å²) in [5, 5.41) is 11.0. The lowest BCUT2D eigenvalue weighted by atomic mass is 10.2. The summed E-state index contributed by atoms with van der Waals surface area (Å²) in [5.41, 5.74) is 0. The van der Waals surface area contributed by atoms with Crippen molar-refractivity contribution < 1.29 is 9.90 Å². The summed E-state index contributed by atoms with van der Waals surface area (Å²) >= 11 is 0. The predicted octanol–water partition coefficient (Wildman–Crippen LogP) is 0.0690. The van der Waals surface area contributed by atoms with E-state index < -0.39 is 5.97 Å². The van der Waals surface area contributed by atoms with Crippen LogP contribution >= 0.6 is 0 Å². The molecule has 0 unspecified atom stereocenters. The van der Waals surface area contributed by atoms with Crippen molar-refractivity contribution in [1.82, 2.24) is 5.32 Å². The molecule has 3 nitrogen and oxygen atoms in total. The summed E-state index contributed by atoms with van der Waals surface area (Å²) in [4.78, 5) is 10.1. The number of nitrogens with one attached hydrogen (secondary N) is 1. The summed E-state index contributed by atoms with van der Waals surface area (Å²) in [6, 6.07) is -0.380. The maximum atomic E-state index is 10.1. The lowest BCUT2D eigenvalue weighted by Crippen LogP contribution is -2.32. The molecule has 8 heavy (non-hydrogen) atoms. The average Bonchev–Trinajstić information content (AvgIpc) is 1.69.